The number of nitriles is 1. The van der Waals surface area contributed by atoms with Gasteiger partial charge in [-0.05, 0) is 55.0 Å². The fourth-order valence-corrected chi connectivity index (χ4v) is 4.58. The molecule has 2 aromatic rings. The Hall–Kier alpha value is -2.29. The molecule has 0 N–H and O–H groups in total. The predicted molar refractivity (Wildman–Crippen MR) is 107 cm³/mol. The van der Waals surface area contributed by atoms with Crippen LogP contribution in [-0.4, -0.2) is 26.4 Å². The van der Waals surface area contributed by atoms with Crippen LogP contribution in [0.15, 0.2) is 70.6 Å². The second-order valence-electron chi connectivity index (χ2n) is 6.73. The number of likely N-dealkylation sites (tertiary alicyclic amines) is 1. The van der Waals surface area contributed by atoms with Gasteiger partial charge in [-0.1, -0.05) is 41.9 Å². The Morgan fingerprint density at radius 1 is 1.11 bits per heavy atom. The number of allylic oxidation sites excluding steroid dienone is 1. The Kier molecular flexibility index (Phi) is 6.20. The molecule has 0 aliphatic carbocycles. The lowest BCUT2D eigenvalue weighted by molar-refractivity contribution is 0.242. The number of hydrogen-bond donors (Lipinski definition) is 0. The van der Waals surface area contributed by atoms with Crippen LogP contribution in [0.2, 0.25) is 5.02 Å². The minimum atomic E-state index is -3.83. The summed E-state index contributed by atoms with van der Waals surface area (Å²) in [6.45, 7) is 1.50. The summed E-state index contributed by atoms with van der Waals surface area (Å²) in [7, 11) is -3.83. The van der Waals surface area contributed by atoms with Crippen molar-refractivity contribution in [3.05, 3.63) is 76.3 Å². The van der Waals surface area contributed by atoms with Crippen LogP contribution in [0.25, 0.3) is 0 Å². The highest BCUT2D eigenvalue weighted by Gasteiger charge is 2.24. The van der Waals surface area contributed by atoms with E-state index in [0.717, 1.165) is 32.4 Å². The number of piperidine rings is 1. The second-order valence-corrected chi connectivity index (χ2v) is 9.09. The van der Waals surface area contributed by atoms with Gasteiger partial charge >= 0.3 is 0 Å². The van der Waals surface area contributed by atoms with E-state index in [1.807, 2.05) is 29.2 Å². The molecule has 0 radical (unpaired) electrons. The van der Waals surface area contributed by atoms with E-state index in [2.05, 4.69) is 12.1 Å². The smallest absolute Gasteiger partial charge is 0.218 e. The molecule has 1 fully saturated rings. The van der Waals surface area contributed by atoms with Crippen LogP contribution in [-0.2, 0) is 16.3 Å². The van der Waals surface area contributed by atoms with Crippen LogP contribution < -0.4 is 0 Å². The number of sulfone groups is 1. The lowest BCUT2D eigenvalue weighted by atomic mass is 9.90. The molecule has 1 aliphatic heterocycles. The zero-order valence-corrected chi connectivity index (χ0v) is 16.5. The van der Waals surface area contributed by atoms with Gasteiger partial charge in [-0.15, -0.1) is 0 Å². The minimum absolute atomic E-state index is 0.0821. The Bertz CT molecular complexity index is 940. The van der Waals surface area contributed by atoms with E-state index in [0.29, 0.717) is 10.9 Å². The minimum Gasteiger partial charge on any atom is -0.376 e. The van der Waals surface area contributed by atoms with E-state index < -0.39 is 9.84 Å². The van der Waals surface area contributed by atoms with E-state index in [9.17, 15) is 13.7 Å². The van der Waals surface area contributed by atoms with Crippen molar-refractivity contribution in [3.63, 3.8) is 0 Å². The van der Waals surface area contributed by atoms with Gasteiger partial charge in [0.2, 0.25) is 9.84 Å². The Morgan fingerprint density at radius 3 is 2.33 bits per heavy atom. The molecule has 0 spiro atoms. The van der Waals surface area contributed by atoms with E-state index >= 15 is 0 Å². The quantitative estimate of drug-likeness (QED) is 0.696. The topological polar surface area (TPSA) is 61.2 Å². The zero-order chi connectivity index (χ0) is 19.3. The van der Waals surface area contributed by atoms with Crippen molar-refractivity contribution in [3.8, 4) is 6.07 Å². The molecular weight excluding hydrogens is 380 g/mol. The number of hydrogen-bond acceptors (Lipinski definition) is 4. The summed E-state index contributed by atoms with van der Waals surface area (Å²) >= 11 is 5.82. The van der Waals surface area contributed by atoms with Gasteiger partial charge in [0.05, 0.1) is 4.90 Å². The van der Waals surface area contributed by atoms with Crippen LogP contribution in [0.3, 0.4) is 0 Å². The first-order valence-corrected chi connectivity index (χ1v) is 10.8. The third kappa shape index (κ3) is 4.91. The molecule has 3 rings (SSSR count). The summed E-state index contributed by atoms with van der Waals surface area (Å²) < 4.78 is 25.4. The average molecular weight is 401 g/mol. The molecule has 0 amide bonds. The molecule has 1 heterocycles. The highest BCUT2D eigenvalue weighted by molar-refractivity contribution is 7.95. The fourth-order valence-electron chi connectivity index (χ4n) is 3.30. The number of rotatable bonds is 5. The lowest BCUT2D eigenvalue weighted by Gasteiger charge is -2.31. The number of nitrogens with zero attached hydrogens (tertiary/aromatic N) is 2. The molecule has 0 saturated carbocycles. The van der Waals surface area contributed by atoms with Gasteiger partial charge in [-0.3, -0.25) is 0 Å². The van der Waals surface area contributed by atoms with E-state index in [4.69, 9.17) is 11.6 Å². The molecule has 140 valence electrons. The van der Waals surface area contributed by atoms with Gasteiger partial charge in [-0.25, -0.2) is 8.42 Å². The average Bonchev–Trinajstić information content (AvgIpc) is 2.68. The summed E-state index contributed by atoms with van der Waals surface area (Å²) in [5.74, 6) is 0.579. The van der Waals surface area contributed by atoms with E-state index in [1.54, 1.807) is 0 Å². The van der Waals surface area contributed by atoms with Crippen molar-refractivity contribution in [1.29, 1.82) is 5.26 Å². The molecule has 0 aromatic heterocycles. The van der Waals surface area contributed by atoms with Crippen molar-refractivity contribution >= 4 is 21.4 Å². The maximum atomic E-state index is 12.7. The first-order valence-electron chi connectivity index (χ1n) is 8.89. The van der Waals surface area contributed by atoms with Crippen molar-refractivity contribution in [2.24, 2.45) is 5.92 Å². The van der Waals surface area contributed by atoms with Gasteiger partial charge in [0.25, 0.3) is 0 Å². The molecule has 4 nitrogen and oxygen atoms in total. The fraction of sp³-hybridized carbons (Fsp3) is 0.286. The SMILES string of the molecule is N#C/C(=C\N1CCC(Cc2ccccc2)CC1)S(=O)(=O)c1ccc(Cl)cc1. The summed E-state index contributed by atoms with van der Waals surface area (Å²) in [5.41, 5.74) is 1.33. The van der Waals surface area contributed by atoms with Gasteiger partial charge in [0.15, 0.2) is 4.91 Å². The molecule has 1 aliphatic rings. The number of benzene rings is 2. The monoisotopic (exact) mass is 400 g/mol. The van der Waals surface area contributed by atoms with Crippen molar-refractivity contribution in [1.82, 2.24) is 4.90 Å². The molecule has 0 atom stereocenters. The standard InChI is InChI=1S/C21H21ClN2O2S/c22-19-6-8-20(9-7-19)27(25,26)21(15-23)16-24-12-10-18(11-13-24)14-17-4-2-1-3-5-17/h1-9,16,18H,10-14H2/b21-16+. The first kappa shape index (κ1) is 19.5. The second kappa shape index (κ2) is 8.60. The van der Waals surface area contributed by atoms with Crippen molar-refractivity contribution < 1.29 is 8.42 Å². The maximum absolute atomic E-state index is 12.7. The Morgan fingerprint density at radius 2 is 1.74 bits per heavy atom. The summed E-state index contributed by atoms with van der Waals surface area (Å²) in [6.07, 6.45) is 4.48. The van der Waals surface area contributed by atoms with E-state index in [-0.39, 0.29) is 9.80 Å². The van der Waals surface area contributed by atoms with Gasteiger partial charge in [0.1, 0.15) is 6.07 Å². The molecule has 2 aromatic carbocycles. The van der Waals surface area contributed by atoms with Crippen LogP contribution >= 0.6 is 11.6 Å². The Labute approximate surface area is 165 Å². The predicted octanol–water partition coefficient (Wildman–Crippen LogP) is 4.43. The molecule has 6 heteroatoms. The van der Waals surface area contributed by atoms with Crippen LogP contribution in [0, 0.1) is 17.2 Å². The summed E-state index contributed by atoms with van der Waals surface area (Å²) in [4.78, 5) is 1.79. The third-order valence-electron chi connectivity index (χ3n) is 4.84. The van der Waals surface area contributed by atoms with Gasteiger partial charge in [-0.2, -0.15) is 5.26 Å². The maximum Gasteiger partial charge on any atom is 0.218 e. The van der Waals surface area contributed by atoms with Gasteiger partial charge < -0.3 is 4.90 Å². The largest absolute Gasteiger partial charge is 0.376 e. The van der Waals surface area contributed by atoms with Crippen molar-refractivity contribution in [2.45, 2.75) is 24.2 Å². The molecule has 0 bridgehead atoms. The normalized spacial score (nSPS) is 16.1. The summed E-state index contributed by atoms with van der Waals surface area (Å²) in [5, 5.41) is 9.86. The molecular formula is C21H21ClN2O2S. The third-order valence-corrected chi connectivity index (χ3v) is 6.76. The van der Waals surface area contributed by atoms with Crippen LogP contribution in [0.5, 0.6) is 0 Å². The van der Waals surface area contributed by atoms with Crippen molar-refractivity contribution in [2.75, 3.05) is 13.1 Å². The highest BCUT2D eigenvalue weighted by Crippen LogP contribution is 2.25. The molecule has 1 saturated heterocycles. The highest BCUT2D eigenvalue weighted by atomic mass is 35.5. The first-order chi connectivity index (χ1) is 13.0. The molecule has 27 heavy (non-hydrogen) atoms. The van der Waals surface area contributed by atoms with E-state index in [1.165, 1.54) is 36.0 Å². The van der Waals surface area contributed by atoms with Crippen LogP contribution in [0.1, 0.15) is 18.4 Å². The lowest BCUT2D eigenvalue weighted by Crippen LogP contribution is -2.31. The van der Waals surface area contributed by atoms with Gasteiger partial charge in [0, 0.05) is 24.3 Å². The summed E-state index contributed by atoms with van der Waals surface area (Å²) in [6, 6.07) is 18.1. The molecule has 0 unspecified atom stereocenters. The Balaban J connectivity index is 1.67. The zero-order valence-electron chi connectivity index (χ0n) is 14.9. The van der Waals surface area contributed by atoms with Crippen LogP contribution in [0.4, 0.5) is 0 Å². The number of halogens is 1.